The standard InChI is InChI=1S/C19H36B9ClFN3O2/c1-14(2,3)32-12(34)7-33-18(25,26)16(21,22)15(20,17(23,24)19(33,27)28)8-31-13(35)9-4-10(29)6-11(30)5-9/h4-6H,7-8,20-28H2,1-3H3,(H,31,35)(H,32,34). The lowest BCUT2D eigenvalue weighted by atomic mass is 9.09. The third kappa shape index (κ3) is 5.19. The van der Waals surface area contributed by atoms with Crippen LogP contribution in [0.4, 0.5) is 4.39 Å². The van der Waals surface area contributed by atoms with Gasteiger partial charge in [-0.2, -0.15) is 0 Å². The summed E-state index contributed by atoms with van der Waals surface area (Å²) in [6, 6.07) is 3.86. The molecule has 2 rings (SSSR count). The summed E-state index contributed by atoms with van der Waals surface area (Å²) in [6.45, 7) is 6.60. The minimum Gasteiger partial charge on any atom is -0.352 e. The van der Waals surface area contributed by atoms with Crippen LogP contribution in [0.5, 0.6) is 0 Å². The normalized spacial score (nSPS) is 22.1. The van der Waals surface area contributed by atoms with Crippen molar-refractivity contribution in [3.8, 4) is 0 Å². The summed E-state index contributed by atoms with van der Waals surface area (Å²) >= 11 is 5.98. The van der Waals surface area contributed by atoms with E-state index < -0.39 is 21.8 Å². The van der Waals surface area contributed by atoms with Crippen LogP contribution in [-0.4, -0.2) is 117 Å². The van der Waals surface area contributed by atoms with Gasteiger partial charge in [0.25, 0.3) is 5.91 Å². The van der Waals surface area contributed by atoms with Gasteiger partial charge in [-0.25, -0.2) is 4.39 Å². The van der Waals surface area contributed by atoms with Crippen LogP contribution >= 0.6 is 11.6 Å². The Morgan fingerprint density at radius 2 is 1.43 bits per heavy atom. The highest BCUT2D eigenvalue weighted by atomic mass is 35.5. The summed E-state index contributed by atoms with van der Waals surface area (Å²) in [7, 11) is 19.8. The third-order valence-corrected chi connectivity index (χ3v) is 9.93. The van der Waals surface area contributed by atoms with Crippen molar-refractivity contribution >= 4 is 94.0 Å². The quantitative estimate of drug-likeness (QED) is 0.405. The van der Waals surface area contributed by atoms with E-state index in [9.17, 15) is 14.0 Å². The summed E-state index contributed by atoms with van der Waals surface area (Å²) in [5.74, 6) is -0.911. The highest BCUT2D eigenvalue weighted by Crippen LogP contribution is 2.70. The van der Waals surface area contributed by atoms with E-state index in [1.54, 1.807) is 0 Å². The van der Waals surface area contributed by atoms with Gasteiger partial charge in [-0.3, -0.25) is 9.59 Å². The van der Waals surface area contributed by atoms with E-state index in [-0.39, 0.29) is 44.9 Å². The molecule has 0 aliphatic carbocycles. The number of rotatable bonds is 5. The first kappa shape index (κ1) is 30.2. The predicted octanol–water partition coefficient (Wildman–Crippen LogP) is -6.16. The monoisotopic (exact) mass is 491 g/mol. The first-order valence-electron chi connectivity index (χ1n) is 12.3. The van der Waals surface area contributed by atoms with Crippen LogP contribution in [0.2, 0.25) is 20.8 Å². The molecule has 1 fully saturated rings. The van der Waals surface area contributed by atoms with E-state index in [1.165, 1.54) is 18.2 Å². The molecule has 0 spiro atoms. The zero-order chi connectivity index (χ0) is 27.4. The van der Waals surface area contributed by atoms with E-state index in [2.05, 4.69) is 86.1 Å². The van der Waals surface area contributed by atoms with Gasteiger partial charge in [0.2, 0.25) is 5.91 Å². The molecule has 2 amide bonds. The first-order valence-corrected chi connectivity index (χ1v) is 12.7. The Bertz CT molecular complexity index is 970. The van der Waals surface area contributed by atoms with Crippen LogP contribution < -0.4 is 10.6 Å². The Balaban J connectivity index is 2.46. The molecule has 35 heavy (non-hydrogen) atoms. The number of nitrogens with zero attached hydrogens (tertiary/aromatic N) is 1. The third-order valence-electron chi connectivity index (χ3n) is 9.71. The molecule has 16 heteroatoms. The maximum Gasteiger partial charge on any atom is 0.251 e. The molecule has 1 aromatic rings. The van der Waals surface area contributed by atoms with Gasteiger partial charge in [0.05, 0.1) is 37.9 Å². The van der Waals surface area contributed by atoms with Crippen molar-refractivity contribution in [1.29, 1.82) is 0 Å². The number of piperidine rings is 1. The summed E-state index contributed by atoms with van der Waals surface area (Å²) < 4.78 is 13.9. The fourth-order valence-electron chi connectivity index (χ4n) is 5.99. The van der Waals surface area contributed by atoms with E-state index in [4.69, 9.17) is 11.6 Å². The van der Waals surface area contributed by atoms with Crippen molar-refractivity contribution in [2.75, 3.05) is 13.1 Å². The molecule has 1 heterocycles. The number of nitrogens with one attached hydrogen (secondary N) is 2. The Morgan fingerprint density at radius 1 is 0.943 bits per heavy atom. The molecule has 0 atom stereocenters. The van der Waals surface area contributed by atoms with Crippen LogP contribution in [0, 0.1) is 5.82 Å². The fourth-order valence-corrected chi connectivity index (χ4v) is 6.21. The molecule has 0 bridgehead atoms. The Hall–Kier alpha value is -1.08. The molecule has 1 saturated heterocycles. The molecule has 1 aliphatic rings. The van der Waals surface area contributed by atoms with Gasteiger partial charge in [0.15, 0.2) is 0 Å². The number of likely N-dealkylation sites (tertiary alicyclic amines) is 1. The van der Waals surface area contributed by atoms with Crippen LogP contribution in [-0.2, 0) is 4.79 Å². The summed E-state index contributed by atoms with van der Waals surface area (Å²) in [6.07, 6.45) is 0. The van der Waals surface area contributed by atoms with Crippen molar-refractivity contribution in [3.05, 3.63) is 34.6 Å². The highest BCUT2D eigenvalue weighted by Gasteiger charge is 2.67. The van der Waals surface area contributed by atoms with E-state index in [1.807, 2.05) is 20.8 Å². The van der Waals surface area contributed by atoms with Crippen molar-refractivity contribution < 1.29 is 14.0 Å². The number of benzene rings is 1. The minimum atomic E-state index is -0.543. The van der Waals surface area contributed by atoms with Crippen LogP contribution in [0.3, 0.4) is 0 Å². The smallest absolute Gasteiger partial charge is 0.251 e. The summed E-state index contributed by atoms with van der Waals surface area (Å²) in [4.78, 5) is 28.4. The molecular formula is C19H36B9ClFN3O2. The van der Waals surface area contributed by atoms with Gasteiger partial charge < -0.3 is 15.5 Å². The van der Waals surface area contributed by atoms with Crippen molar-refractivity contribution in [2.45, 2.75) is 52.7 Å². The number of hydrogen-bond acceptors (Lipinski definition) is 3. The summed E-state index contributed by atoms with van der Waals surface area (Å²) in [5, 5.41) is 4.50. The predicted molar refractivity (Wildman–Crippen MR) is 169 cm³/mol. The Labute approximate surface area is 223 Å². The molecule has 180 valence electrons. The van der Waals surface area contributed by atoms with Crippen LogP contribution in [0.15, 0.2) is 18.2 Å². The molecule has 0 radical (unpaired) electrons. The molecule has 0 unspecified atom stereocenters. The van der Waals surface area contributed by atoms with Gasteiger partial charge in [-0.15, -0.1) is 0 Å². The zero-order valence-electron chi connectivity index (χ0n) is 23.7. The van der Waals surface area contributed by atoms with Crippen LogP contribution in [0.1, 0.15) is 31.1 Å². The van der Waals surface area contributed by atoms with Crippen molar-refractivity contribution in [3.63, 3.8) is 0 Å². The lowest BCUT2D eigenvalue weighted by Gasteiger charge is -2.77. The van der Waals surface area contributed by atoms with E-state index >= 15 is 0 Å². The van der Waals surface area contributed by atoms with Gasteiger partial charge in [0, 0.05) is 22.7 Å². The van der Waals surface area contributed by atoms with Crippen molar-refractivity contribution in [1.82, 2.24) is 15.5 Å². The second-order valence-electron chi connectivity index (χ2n) is 13.4. The number of hydrogen-bond donors (Lipinski definition) is 2. The zero-order valence-corrected chi connectivity index (χ0v) is 24.4. The fraction of sp³-hybridized carbons (Fsp3) is 0.579. The topological polar surface area (TPSA) is 61.4 Å². The number of carbonyl (C=O) groups excluding carboxylic acids is 2. The van der Waals surface area contributed by atoms with Gasteiger partial charge in [0.1, 0.15) is 45.0 Å². The largest absolute Gasteiger partial charge is 0.352 e. The lowest BCUT2D eigenvalue weighted by Crippen LogP contribution is -2.81. The van der Waals surface area contributed by atoms with Gasteiger partial charge in [-0.1, -0.05) is 27.3 Å². The van der Waals surface area contributed by atoms with Crippen molar-refractivity contribution in [2.24, 2.45) is 0 Å². The second-order valence-corrected chi connectivity index (χ2v) is 13.9. The molecule has 0 saturated carbocycles. The van der Waals surface area contributed by atoms with Gasteiger partial charge >= 0.3 is 0 Å². The molecule has 1 aliphatic heterocycles. The number of carbonyl (C=O) groups is 2. The molecule has 1 aromatic carbocycles. The lowest BCUT2D eigenvalue weighted by molar-refractivity contribution is -0.125. The second kappa shape index (κ2) is 9.34. The average Bonchev–Trinajstić information content (AvgIpc) is 2.66. The summed E-state index contributed by atoms with van der Waals surface area (Å²) in [5.41, 5.74) is -0.117. The Kier molecular flexibility index (Phi) is 8.05. The first-order chi connectivity index (χ1) is 15.5. The van der Waals surface area contributed by atoms with E-state index in [0.717, 1.165) is 0 Å². The van der Waals surface area contributed by atoms with Gasteiger partial charge in [-0.05, 0) is 49.6 Å². The average molecular weight is 490 g/mol. The maximum atomic E-state index is 13.9. The molecule has 5 nitrogen and oxygen atoms in total. The number of halogens is 2. The molecule has 2 N–H and O–H groups in total. The SMILES string of the molecule is BC1(B)N(CC(=O)NC(C)(C)C)C(B)(B)C(B)(B)C(B)(CNC(=O)c2cc(F)cc(Cl)c2)C1(B)B. The molecule has 0 aromatic heterocycles. The minimum absolute atomic E-state index is 0.00913. The molecular weight excluding hydrogens is 454 g/mol. The Morgan fingerprint density at radius 3 is 1.86 bits per heavy atom. The van der Waals surface area contributed by atoms with Crippen LogP contribution in [0.25, 0.3) is 0 Å². The maximum absolute atomic E-state index is 13.9. The van der Waals surface area contributed by atoms with E-state index in [0.29, 0.717) is 6.54 Å². The highest BCUT2D eigenvalue weighted by molar-refractivity contribution is 6.64. The number of amides is 2.